The van der Waals surface area contributed by atoms with Crippen LogP contribution in [0.15, 0.2) is 41.4 Å². The van der Waals surface area contributed by atoms with Gasteiger partial charge in [0.2, 0.25) is 0 Å². The number of benzene rings is 1. The molecule has 7 heteroatoms. The molecular formula is C18H18N2O4S. The van der Waals surface area contributed by atoms with E-state index in [0.717, 1.165) is 4.88 Å². The van der Waals surface area contributed by atoms with Crippen molar-refractivity contribution in [2.24, 2.45) is 0 Å². The Labute approximate surface area is 149 Å². The Morgan fingerprint density at radius 1 is 1.12 bits per heavy atom. The molecule has 1 aromatic heterocycles. The van der Waals surface area contributed by atoms with Crippen LogP contribution in [0.25, 0.3) is 5.57 Å². The lowest BCUT2D eigenvalue weighted by Crippen LogP contribution is -2.32. The van der Waals surface area contributed by atoms with Gasteiger partial charge in [0.05, 0.1) is 25.5 Å². The van der Waals surface area contributed by atoms with Crippen molar-refractivity contribution in [1.29, 1.82) is 0 Å². The first-order valence-corrected chi connectivity index (χ1v) is 8.62. The Morgan fingerprint density at radius 2 is 1.92 bits per heavy atom. The van der Waals surface area contributed by atoms with Crippen LogP contribution >= 0.6 is 11.3 Å². The zero-order valence-electron chi connectivity index (χ0n) is 14.2. The molecule has 2 aromatic rings. The molecule has 3 rings (SSSR count). The van der Waals surface area contributed by atoms with Gasteiger partial charge < -0.3 is 14.8 Å². The van der Waals surface area contributed by atoms with Gasteiger partial charge in [-0.05, 0) is 30.5 Å². The number of hydrogen-bond acceptors (Lipinski definition) is 6. The van der Waals surface area contributed by atoms with Gasteiger partial charge in [0.15, 0.2) is 0 Å². The molecule has 1 N–H and O–H groups in total. The number of rotatable bonds is 6. The lowest BCUT2D eigenvalue weighted by Gasteiger charge is -2.14. The molecule has 25 heavy (non-hydrogen) atoms. The quantitative estimate of drug-likeness (QED) is 0.804. The molecule has 0 radical (unpaired) electrons. The number of nitrogens with one attached hydrogen (secondary N) is 1. The third-order valence-corrected chi connectivity index (χ3v) is 4.81. The van der Waals surface area contributed by atoms with E-state index in [0.29, 0.717) is 29.3 Å². The van der Waals surface area contributed by atoms with Crippen LogP contribution in [0.1, 0.15) is 11.8 Å². The fourth-order valence-corrected chi connectivity index (χ4v) is 3.44. The van der Waals surface area contributed by atoms with Gasteiger partial charge in [-0.3, -0.25) is 14.5 Å². The molecule has 0 fully saturated rings. The summed E-state index contributed by atoms with van der Waals surface area (Å²) in [6.45, 7) is 2.09. The minimum Gasteiger partial charge on any atom is -0.497 e. The Bertz CT molecular complexity index is 843. The Morgan fingerprint density at radius 3 is 2.52 bits per heavy atom. The minimum atomic E-state index is -0.347. The summed E-state index contributed by atoms with van der Waals surface area (Å²) in [6, 6.07) is 8.91. The number of hydrogen-bond donors (Lipinski definition) is 1. The van der Waals surface area contributed by atoms with Crippen LogP contribution in [0.4, 0.5) is 5.69 Å². The predicted octanol–water partition coefficient (Wildman–Crippen LogP) is 2.98. The molecule has 130 valence electrons. The highest BCUT2D eigenvalue weighted by Gasteiger charge is 2.39. The summed E-state index contributed by atoms with van der Waals surface area (Å²) in [7, 11) is 3.10. The van der Waals surface area contributed by atoms with Crippen molar-refractivity contribution in [3.8, 4) is 11.5 Å². The number of carbonyl (C=O) groups is 2. The van der Waals surface area contributed by atoms with Gasteiger partial charge in [0.25, 0.3) is 11.8 Å². The van der Waals surface area contributed by atoms with Crippen LogP contribution in [0.5, 0.6) is 11.5 Å². The monoisotopic (exact) mass is 358 g/mol. The fraction of sp³-hybridized carbons (Fsp3) is 0.222. The summed E-state index contributed by atoms with van der Waals surface area (Å²) in [5.41, 5.74) is 1.19. The predicted molar refractivity (Wildman–Crippen MR) is 96.8 cm³/mol. The summed E-state index contributed by atoms with van der Waals surface area (Å²) in [4.78, 5) is 27.4. The summed E-state index contributed by atoms with van der Waals surface area (Å²) < 4.78 is 10.6. The number of ether oxygens (including phenoxy) is 2. The standard InChI is InChI=1S/C18H18N2O4S/c1-4-20-17(21)15(14-6-5-9-25-14)16(18(20)22)19-12-10-11(23-2)7-8-13(12)24-3/h5-10,19H,4H2,1-3H3. The number of likely N-dealkylation sites (N-methyl/N-ethyl adjacent to an activating group) is 1. The van der Waals surface area contributed by atoms with Gasteiger partial charge in [-0.2, -0.15) is 0 Å². The van der Waals surface area contributed by atoms with Crippen LogP contribution < -0.4 is 14.8 Å². The van der Waals surface area contributed by atoms with Gasteiger partial charge in [0.1, 0.15) is 17.2 Å². The van der Waals surface area contributed by atoms with E-state index in [1.807, 2.05) is 17.5 Å². The van der Waals surface area contributed by atoms with E-state index in [1.54, 1.807) is 39.3 Å². The van der Waals surface area contributed by atoms with Gasteiger partial charge in [0, 0.05) is 17.5 Å². The van der Waals surface area contributed by atoms with Gasteiger partial charge in [-0.15, -0.1) is 11.3 Å². The molecule has 0 aliphatic carbocycles. The van der Waals surface area contributed by atoms with E-state index in [2.05, 4.69) is 5.32 Å². The van der Waals surface area contributed by atoms with E-state index in [-0.39, 0.29) is 17.5 Å². The summed E-state index contributed by atoms with van der Waals surface area (Å²) in [5.74, 6) is 0.528. The maximum absolute atomic E-state index is 12.7. The average molecular weight is 358 g/mol. The smallest absolute Gasteiger partial charge is 0.278 e. The Hall–Kier alpha value is -2.80. The summed E-state index contributed by atoms with van der Waals surface area (Å²) in [6.07, 6.45) is 0. The lowest BCUT2D eigenvalue weighted by atomic mass is 10.1. The second-order valence-electron chi connectivity index (χ2n) is 5.27. The molecule has 1 aliphatic heterocycles. The van der Waals surface area contributed by atoms with Gasteiger partial charge in [-0.1, -0.05) is 6.07 Å². The number of imide groups is 1. The SMILES string of the molecule is CCN1C(=O)C(Nc2cc(OC)ccc2OC)=C(c2cccs2)C1=O. The van der Waals surface area contributed by atoms with E-state index in [4.69, 9.17) is 9.47 Å². The molecular weight excluding hydrogens is 340 g/mol. The number of methoxy groups -OCH3 is 2. The number of anilines is 1. The Balaban J connectivity index is 2.09. The van der Waals surface area contributed by atoms with Crippen molar-refractivity contribution >= 4 is 34.4 Å². The largest absolute Gasteiger partial charge is 0.497 e. The molecule has 0 saturated heterocycles. The molecule has 0 bridgehead atoms. The van der Waals surface area contributed by atoms with Crippen molar-refractivity contribution < 1.29 is 19.1 Å². The van der Waals surface area contributed by atoms with Gasteiger partial charge >= 0.3 is 0 Å². The highest BCUT2D eigenvalue weighted by Crippen LogP contribution is 2.36. The van der Waals surface area contributed by atoms with Crippen molar-refractivity contribution in [2.75, 3.05) is 26.1 Å². The van der Waals surface area contributed by atoms with Crippen molar-refractivity contribution in [3.05, 3.63) is 46.3 Å². The molecule has 1 aliphatic rings. The topological polar surface area (TPSA) is 67.9 Å². The third-order valence-electron chi connectivity index (χ3n) is 3.92. The van der Waals surface area contributed by atoms with Crippen molar-refractivity contribution in [1.82, 2.24) is 4.90 Å². The highest BCUT2D eigenvalue weighted by atomic mass is 32.1. The zero-order chi connectivity index (χ0) is 18.0. The first-order valence-electron chi connectivity index (χ1n) is 7.74. The third kappa shape index (κ3) is 2.98. The molecule has 0 unspecified atom stereocenters. The number of thiophene rings is 1. The molecule has 0 spiro atoms. The first kappa shape index (κ1) is 17.0. The molecule has 2 amide bonds. The van der Waals surface area contributed by atoms with Crippen molar-refractivity contribution in [2.45, 2.75) is 6.92 Å². The molecule has 0 saturated carbocycles. The van der Waals surface area contributed by atoms with Gasteiger partial charge in [-0.25, -0.2) is 0 Å². The molecule has 6 nitrogen and oxygen atoms in total. The second kappa shape index (κ2) is 6.98. The fourth-order valence-electron chi connectivity index (χ4n) is 2.68. The zero-order valence-corrected chi connectivity index (χ0v) is 15.0. The minimum absolute atomic E-state index is 0.251. The van der Waals surface area contributed by atoms with Crippen molar-refractivity contribution in [3.63, 3.8) is 0 Å². The van der Waals surface area contributed by atoms with E-state index in [9.17, 15) is 9.59 Å². The Kier molecular flexibility index (Phi) is 4.76. The average Bonchev–Trinajstić information content (AvgIpc) is 3.22. The summed E-state index contributed by atoms with van der Waals surface area (Å²) >= 11 is 1.42. The van der Waals surface area contributed by atoms with E-state index >= 15 is 0 Å². The summed E-state index contributed by atoms with van der Waals surface area (Å²) in [5, 5.41) is 4.96. The number of amides is 2. The number of nitrogens with zero attached hydrogens (tertiary/aromatic N) is 1. The number of carbonyl (C=O) groups excluding carboxylic acids is 2. The first-order chi connectivity index (χ1) is 12.1. The maximum atomic E-state index is 12.7. The normalized spacial score (nSPS) is 14.3. The molecule has 0 atom stereocenters. The lowest BCUT2D eigenvalue weighted by molar-refractivity contribution is -0.136. The molecule has 1 aromatic carbocycles. The molecule has 2 heterocycles. The van der Waals surface area contributed by atoms with Crippen LogP contribution in [-0.2, 0) is 9.59 Å². The highest BCUT2D eigenvalue weighted by molar-refractivity contribution is 7.11. The van der Waals surface area contributed by atoms with E-state index < -0.39 is 0 Å². The van der Waals surface area contributed by atoms with Crippen LogP contribution in [-0.4, -0.2) is 37.5 Å². The second-order valence-corrected chi connectivity index (χ2v) is 6.22. The van der Waals surface area contributed by atoms with Crippen LogP contribution in [0.3, 0.4) is 0 Å². The maximum Gasteiger partial charge on any atom is 0.278 e. The van der Waals surface area contributed by atoms with Crippen LogP contribution in [0.2, 0.25) is 0 Å². The van der Waals surface area contributed by atoms with Crippen LogP contribution in [0, 0.1) is 0 Å². The van der Waals surface area contributed by atoms with E-state index in [1.165, 1.54) is 16.2 Å².